The Morgan fingerprint density at radius 1 is 1.12 bits per heavy atom. The quantitative estimate of drug-likeness (QED) is 0.279. The number of carbonyl (C=O) groups is 2. The molecule has 10 nitrogen and oxygen atoms in total. The van der Waals surface area contributed by atoms with Gasteiger partial charge in [-0.2, -0.15) is 23.5 Å². The molecule has 41 heavy (non-hydrogen) atoms. The second-order valence-electron chi connectivity index (χ2n) is 9.61. The first kappa shape index (κ1) is 29.0. The van der Waals surface area contributed by atoms with Crippen molar-refractivity contribution in [3.8, 4) is 6.07 Å². The molecule has 2 heterocycles. The number of likely N-dealkylation sites (N-methyl/N-ethyl adjacent to an activating group) is 1. The zero-order valence-corrected chi connectivity index (χ0v) is 22.5. The summed E-state index contributed by atoms with van der Waals surface area (Å²) in [5.74, 6) is -1.78. The van der Waals surface area contributed by atoms with Gasteiger partial charge in [-0.15, -0.1) is 0 Å². The highest BCUT2D eigenvalue weighted by atomic mass is 19.4. The monoisotopic (exact) mass is 564 g/mol. The summed E-state index contributed by atoms with van der Waals surface area (Å²) >= 11 is 0. The first-order valence-corrected chi connectivity index (χ1v) is 12.5. The molecule has 4 rings (SSSR count). The molecule has 0 unspecified atom stereocenters. The van der Waals surface area contributed by atoms with Crippen LogP contribution in [-0.2, 0) is 12.7 Å². The van der Waals surface area contributed by atoms with Gasteiger partial charge < -0.3 is 21.3 Å². The van der Waals surface area contributed by atoms with Crippen molar-refractivity contribution in [2.75, 3.05) is 37.8 Å². The number of rotatable bonds is 9. The summed E-state index contributed by atoms with van der Waals surface area (Å²) in [6, 6.07) is 14.4. The number of pyridine rings is 1. The predicted octanol–water partition coefficient (Wildman–Crippen LogP) is 4.00. The zero-order valence-electron chi connectivity index (χ0n) is 22.5. The van der Waals surface area contributed by atoms with E-state index in [1.165, 1.54) is 6.92 Å². The van der Waals surface area contributed by atoms with Crippen LogP contribution in [0.4, 0.5) is 24.5 Å². The molecule has 2 amide bonds. The van der Waals surface area contributed by atoms with Crippen LogP contribution in [0.15, 0.2) is 48.5 Å². The predicted molar refractivity (Wildman–Crippen MR) is 147 cm³/mol. The lowest BCUT2D eigenvalue weighted by molar-refractivity contribution is -0.140. The van der Waals surface area contributed by atoms with Gasteiger partial charge in [0.25, 0.3) is 5.91 Å². The van der Waals surface area contributed by atoms with Crippen molar-refractivity contribution >= 4 is 34.1 Å². The normalized spacial score (nSPS) is 11.5. The number of benzene rings is 2. The van der Waals surface area contributed by atoms with Crippen molar-refractivity contribution in [2.45, 2.75) is 19.6 Å². The number of anilines is 2. The van der Waals surface area contributed by atoms with Crippen LogP contribution in [0.1, 0.15) is 43.4 Å². The van der Waals surface area contributed by atoms with Gasteiger partial charge in [0.2, 0.25) is 5.91 Å². The minimum Gasteiger partial charge on any atom is -0.384 e. The molecule has 0 bridgehead atoms. The van der Waals surface area contributed by atoms with E-state index in [2.05, 4.69) is 20.7 Å². The van der Waals surface area contributed by atoms with Crippen LogP contribution in [0.2, 0.25) is 0 Å². The smallest absolute Gasteiger partial charge is 0.384 e. The van der Waals surface area contributed by atoms with Gasteiger partial charge in [-0.3, -0.25) is 14.3 Å². The highest BCUT2D eigenvalue weighted by molar-refractivity contribution is 6.11. The number of hydrogen-bond donors (Lipinski definition) is 3. The Balaban J connectivity index is 1.66. The van der Waals surface area contributed by atoms with Crippen molar-refractivity contribution < 1.29 is 22.8 Å². The lowest BCUT2D eigenvalue weighted by atomic mass is 10.1. The number of aromatic nitrogens is 3. The van der Waals surface area contributed by atoms with Crippen molar-refractivity contribution in [3.05, 3.63) is 82.3 Å². The van der Waals surface area contributed by atoms with Gasteiger partial charge in [0.1, 0.15) is 5.69 Å². The third kappa shape index (κ3) is 6.62. The fraction of sp³-hybridized carbons (Fsp3) is 0.250. The Kier molecular flexibility index (Phi) is 8.25. The Morgan fingerprint density at radius 2 is 1.83 bits per heavy atom. The first-order valence-electron chi connectivity index (χ1n) is 12.5. The molecule has 2 aromatic heterocycles. The minimum absolute atomic E-state index is 0.000637. The number of primary amides is 1. The molecule has 0 aliphatic rings. The lowest BCUT2D eigenvalue weighted by Crippen LogP contribution is -2.21. The van der Waals surface area contributed by atoms with Crippen LogP contribution >= 0.6 is 0 Å². The minimum atomic E-state index is -4.87. The van der Waals surface area contributed by atoms with Crippen LogP contribution in [0, 0.1) is 18.3 Å². The molecule has 0 atom stereocenters. The average Bonchev–Trinajstić information content (AvgIpc) is 3.23. The van der Waals surface area contributed by atoms with Crippen LogP contribution in [0.3, 0.4) is 0 Å². The molecular formula is C28H27F3N8O2. The molecule has 212 valence electrons. The van der Waals surface area contributed by atoms with Crippen molar-refractivity contribution in [3.63, 3.8) is 0 Å². The number of fused-ring (bicyclic) bond motifs is 1. The number of nitrogens with one attached hydrogen (secondary N) is 2. The maximum Gasteiger partial charge on any atom is 0.437 e. The molecule has 4 aromatic rings. The number of amides is 2. The molecule has 2 aromatic carbocycles. The molecule has 4 N–H and O–H groups in total. The van der Waals surface area contributed by atoms with E-state index < -0.39 is 29.4 Å². The maximum absolute atomic E-state index is 13.9. The molecule has 0 aliphatic carbocycles. The van der Waals surface area contributed by atoms with Crippen LogP contribution in [0.25, 0.3) is 10.9 Å². The highest BCUT2D eigenvalue weighted by Crippen LogP contribution is 2.36. The van der Waals surface area contributed by atoms with E-state index in [1.807, 2.05) is 25.1 Å². The number of nitrogens with two attached hydrogens (primary N) is 1. The number of carbonyl (C=O) groups excluding carboxylic acids is 2. The molecule has 13 heteroatoms. The summed E-state index contributed by atoms with van der Waals surface area (Å²) in [4.78, 5) is 31.8. The molecule has 0 saturated heterocycles. The SMILES string of the molecule is Cc1c(NC(=O)c2cc(C(N)=O)c3cc(NCCN(C)C)ccc3n2)c(C(F)(F)F)nn1Cc1ccc(C#N)cc1. The summed E-state index contributed by atoms with van der Waals surface area (Å²) in [6.45, 7) is 2.77. The summed E-state index contributed by atoms with van der Waals surface area (Å²) in [5, 5.41) is 18.6. The van der Waals surface area contributed by atoms with Gasteiger partial charge in [-0.05, 0) is 63.0 Å². The molecule has 0 spiro atoms. The maximum atomic E-state index is 13.9. The lowest BCUT2D eigenvalue weighted by Gasteiger charge is -2.13. The topological polar surface area (TPSA) is 142 Å². The third-order valence-corrected chi connectivity index (χ3v) is 6.32. The number of nitriles is 1. The third-order valence-electron chi connectivity index (χ3n) is 6.32. The number of hydrogen-bond acceptors (Lipinski definition) is 7. The van der Waals surface area contributed by atoms with Gasteiger partial charge in [-0.25, -0.2) is 4.98 Å². The van der Waals surface area contributed by atoms with Gasteiger partial charge in [0.15, 0.2) is 5.69 Å². The van der Waals surface area contributed by atoms with Gasteiger partial charge in [0, 0.05) is 24.2 Å². The number of nitrogens with zero attached hydrogens (tertiary/aromatic N) is 5. The van der Waals surface area contributed by atoms with E-state index in [0.29, 0.717) is 28.7 Å². The van der Waals surface area contributed by atoms with Gasteiger partial charge in [0.05, 0.1) is 40.6 Å². The molecule has 0 fully saturated rings. The van der Waals surface area contributed by atoms with E-state index in [1.54, 1.807) is 42.5 Å². The standard InChI is InChI=1S/C28H27F3N8O2/c1-16-24(25(28(29,30)31)37-39(16)15-18-6-4-17(14-32)5-7-18)36-27(41)23-13-21(26(33)40)20-12-19(8-9-22(20)35-23)34-10-11-38(2)3/h4-9,12-13,34H,10-11,15H2,1-3H3,(H2,33,40)(H,36,41). The zero-order chi connectivity index (χ0) is 29.9. The first-order chi connectivity index (χ1) is 19.4. The molecular weight excluding hydrogens is 537 g/mol. The van der Waals surface area contributed by atoms with E-state index >= 15 is 0 Å². The van der Waals surface area contributed by atoms with Crippen molar-refractivity contribution in [2.24, 2.45) is 5.73 Å². The van der Waals surface area contributed by atoms with Crippen LogP contribution < -0.4 is 16.4 Å². The Bertz CT molecular complexity index is 1650. The molecule has 0 saturated carbocycles. The Hall–Kier alpha value is -4.96. The highest BCUT2D eigenvalue weighted by Gasteiger charge is 2.39. The summed E-state index contributed by atoms with van der Waals surface area (Å²) in [6.07, 6.45) is -4.87. The summed E-state index contributed by atoms with van der Waals surface area (Å²) in [7, 11) is 3.87. The van der Waals surface area contributed by atoms with Crippen molar-refractivity contribution in [1.82, 2.24) is 19.7 Å². The van der Waals surface area contributed by atoms with Crippen LogP contribution in [0.5, 0.6) is 0 Å². The van der Waals surface area contributed by atoms with E-state index in [9.17, 15) is 22.8 Å². The summed E-state index contributed by atoms with van der Waals surface area (Å²) < 4.78 is 42.9. The fourth-order valence-corrected chi connectivity index (χ4v) is 4.16. The molecule has 0 radical (unpaired) electrons. The summed E-state index contributed by atoms with van der Waals surface area (Å²) in [5.41, 5.74) is 5.55. The van der Waals surface area contributed by atoms with E-state index in [0.717, 1.165) is 17.3 Å². The number of halogens is 3. The van der Waals surface area contributed by atoms with E-state index in [4.69, 9.17) is 11.0 Å². The Morgan fingerprint density at radius 3 is 2.44 bits per heavy atom. The van der Waals surface area contributed by atoms with Gasteiger partial charge >= 0.3 is 6.18 Å². The van der Waals surface area contributed by atoms with Crippen molar-refractivity contribution in [1.29, 1.82) is 5.26 Å². The second-order valence-corrected chi connectivity index (χ2v) is 9.61. The van der Waals surface area contributed by atoms with E-state index in [-0.39, 0.29) is 29.0 Å². The fourth-order valence-electron chi connectivity index (χ4n) is 4.16. The largest absolute Gasteiger partial charge is 0.437 e. The van der Waals surface area contributed by atoms with Gasteiger partial charge in [-0.1, -0.05) is 12.1 Å². The molecule has 0 aliphatic heterocycles. The second kappa shape index (κ2) is 11.6. The average molecular weight is 565 g/mol. The number of alkyl halides is 3. The van der Waals surface area contributed by atoms with Crippen LogP contribution in [-0.4, -0.2) is 58.7 Å². The Labute approximate surface area is 233 Å².